The molecule has 0 aliphatic carbocycles. The zero-order valence-electron chi connectivity index (χ0n) is 7.66. The summed E-state index contributed by atoms with van der Waals surface area (Å²) < 4.78 is 9.53. The van der Waals surface area contributed by atoms with E-state index in [2.05, 4.69) is 9.73 Å². The summed E-state index contributed by atoms with van der Waals surface area (Å²) >= 11 is 0. The first-order valence-corrected chi connectivity index (χ1v) is 4.17. The van der Waals surface area contributed by atoms with E-state index in [9.17, 15) is 4.79 Å². The second-order valence-corrected chi connectivity index (χ2v) is 2.64. The van der Waals surface area contributed by atoms with Crippen molar-refractivity contribution in [3.8, 4) is 0 Å². The normalized spacial score (nSPS) is 19.9. The molecule has 13 heavy (non-hydrogen) atoms. The highest BCUT2D eigenvalue weighted by Crippen LogP contribution is 1.99. The van der Waals surface area contributed by atoms with Crippen LogP contribution in [0.25, 0.3) is 0 Å². The van der Waals surface area contributed by atoms with Gasteiger partial charge in [-0.1, -0.05) is 6.08 Å². The number of ether oxygens (including phenoxy) is 2. The number of hydrogen-bond acceptors (Lipinski definition) is 4. The summed E-state index contributed by atoms with van der Waals surface area (Å²) in [7, 11) is 1.35. The summed E-state index contributed by atoms with van der Waals surface area (Å²) in [5, 5.41) is 0. The molecule has 0 N–H and O–H groups in total. The van der Waals surface area contributed by atoms with Crippen molar-refractivity contribution in [1.29, 1.82) is 0 Å². The summed E-state index contributed by atoms with van der Waals surface area (Å²) in [6.45, 7) is 1.92. The third-order valence-electron chi connectivity index (χ3n) is 1.68. The van der Waals surface area contributed by atoms with Gasteiger partial charge in [-0.05, 0) is 0 Å². The molecule has 0 saturated carbocycles. The minimum Gasteiger partial charge on any atom is -0.466 e. The third kappa shape index (κ3) is 3.85. The lowest BCUT2D eigenvalue weighted by molar-refractivity contribution is -0.134. The Kier molecular flexibility index (Phi) is 4.18. The molecule has 0 aromatic carbocycles. The van der Waals surface area contributed by atoms with E-state index in [4.69, 9.17) is 4.74 Å². The summed E-state index contributed by atoms with van der Waals surface area (Å²) in [6.07, 6.45) is 3.96. The molecule has 0 aromatic heterocycles. The Hall–Kier alpha value is -1.16. The standard InChI is InChI=1S/C9H13NO3/c1-12-9(11)3-2-5-10-8-4-6-13-7-8/h2-3H,4-7H2,1H3/b3-2+,10-8?. The summed E-state index contributed by atoms with van der Waals surface area (Å²) in [4.78, 5) is 14.9. The van der Waals surface area contributed by atoms with Crippen molar-refractivity contribution in [3.63, 3.8) is 0 Å². The molecule has 1 aliphatic rings. The molecule has 1 heterocycles. The van der Waals surface area contributed by atoms with Crippen LogP contribution in [0.4, 0.5) is 0 Å². The van der Waals surface area contributed by atoms with Crippen molar-refractivity contribution in [2.24, 2.45) is 4.99 Å². The molecule has 4 heteroatoms. The van der Waals surface area contributed by atoms with Crippen LogP contribution in [-0.2, 0) is 14.3 Å². The molecule has 0 unspecified atom stereocenters. The molecule has 1 aliphatic heterocycles. The van der Waals surface area contributed by atoms with Gasteiger partial charge < -0.3 is 9.47 Å². The van der Waals surface area contributed by atoms with E-state index in [1.165, 1.54) is 13.2 Å². The van der Waals surface area contributed by atoms with Gasteiger partial charge in [0, 0.05) is 18.2 Å². The van der Waals surface area contributed by atoms with E-state index < -0.39 is 0 Å². The van der Waals surface area contributed by atoms with Crippen LogP contribution in [0.15, 0.2) is 17.1 Å². The van der Waals surface area contributed by atoms with Gasteiger partial charge >= 0.3 is 5.97 Å². The zero-order valence-corrected chi connectivity index (χ0v) is 7.66. The Morgan fingerprint density at radius 1 is 1.77 bits per heavy atom. The lowest BCUT2D eigenvalue weighted by atomic mass is 10.3. The first-order chi connectivity index (χ1) is 6.33. The van der Waals surface area contributed by atoms with Crippen LogP contribution < -0.4 is 0 Å². The van der Waals surface area contributed by atoms with E-state index in [1.807, 2.05) is 0 Å². The lowest BCUT2D eigenvalue weighted by Crippen LogP contribution is -1.97. The maximum atomic E-state index is 10.6. The molecule has 0 amide bonds. The van der Waals surface area contributed by atoms with Gasteiger partial charge in [-0.25, -0.2) is 4.79 Å². The van der Waals surface area contributed by atoms with Gasteiger partial charge in [0.2, 0.25) is 0 Å². The monoisotopic (exact) mass is 183 g/mol. The fourth-order valence-corrected chi connectivity index (χ4v) is 0.976. The van der Waals surface area contributed by atoms with Gasteiger partial charge in [0.25, 0.3) is 0 Å². The van der Waals surface area contributed by atoms with Gasteiger partial charge in [0.05, 0.1) is 26.9 Å². The molecule has 0 radical (unpaired) electrons. The van der Waals surface area contributed by atoms with Gasteiger partial charge in [0.1, 0.15) is 0 Å². The lowest BCUT2D eigenvalue weighted by Gasteiger charge is -1.91. The maximum Gasteiger partial charge on any atom is 0.330 e. The molecule has 0 bridgehead atoms. The van der Waals surface area contributed by atoms with Crippen molar-refractivity contribution in [3.05, 3.63) is 12.2 Å². The first kappa shape index (κ1) is 9.92. The molecule has 72 valence electrons. The van der Waals surface area contributed by atoms with E-state index in [1.54, 1.807) is 6.08 Å². The Bertz CT molecular complexity index is 225. The van der Waals surface area contributed by atoms with Crippen LogP contribution in [0.2, 0.25) is 0 Å². The van der Waals surface area contributed by atoms with Crippen LogP contribution >= 0.6 is 0 Å². The topological polar surface area (TPSA) is 47.9 Å². The maximum absolute atomic E-state index is 10.6. The number of aliphatic imine (C=N–C) groups is 1. The van der Waals surface area contributed by atoms with E-state index in [-0.39, 0.29) is 5.97 Å². The van der Waals surface area contributed by atoms with Crippen molar-refractivity contribution >= 4 is 11.7 Å². The number of nitrogens with zero attached hydrogens (tertiary/aromatic N) is 1. The smallest absolute Gasteiger partial charge is 0.330 e. The predicted octanol–water partition coefficient (Wildman–Crippen LogP) is 0.577. The SMILES string of the molecule is COC(=O)/C=C/CN=C1CCOC1. The predicted molar refractivity (Wildman–Crippen MR) is 48.9 cm³/mol. The average Bonchev–Trinajstić information content (AvgIpc) is 2.64. The molecule has 0 spiro atoms. The number of carbonyl (C=O) groups excluding carboxylic acids is 1. The summed E-state index contributed by atoms with van der Waals surface area (Å²) in [5.74, 6) is -0.345. The molecule has 4 nitrogen and oxygen atoms in total. The number of carbonyl (C=O) groups is 1. The fraction of sp³-hybridized carbons (Fsp3) is 0.556. The van der Waals surface area contributed by atoms with Gasteiger partial charge in [-0.2, -0.15) is 0 Å². The number of esters is 1. The molecule has 0 atom stereocenters. The largest absolute Gasteiger partial charge is 0.466 e. The Balaban J connectivity index is 2.22. The highest BCUT2D eigenvalue weighted by Gasteiger charge is 2.06. The molecular weight excluding hydrogens is 170 g/mol. The Labute approximate surface area is 77.2 Å². The van der Waals surface area contributed by atoms with Gasteiger partial charge in [-0.3, -0.25) is 4.99 Å². The van der Waals surface area contributed by atoms with Crippen molar-refractivity contribution in [2.45, 2.75) is 6.42 Å². The quantitative estimate of drug-likeness (QED) is 0.475. The minimum absolute atomic E-state index is 0.345. The highest BCUT2D eigenvalue weighted by atomic mass is 16.5. The molecule has 1 rings (SSSR count). The second kappa shape index (κ2) is 5.48. The number of methoxy groups -OCH3 is 1. The van der Waals surface area contributed by atoms with Crippen LogP contribution in [-0.4, -0.2) is 38.5 Å². The molecular formula is C9H13NO3. The first-order valence-electron chi connectivity index (χ1n) is 4.17. The van der Waals surface area contributed by atoms with Gasteiger partial charge in [-0.15, -0.1) is 0 Å². The minimum atomic E-state index is -0.345. The van der Waals surface area contributed by atoms with E-state index in [0.29, 0.717) is 13.2 Å². The number of rotatable bonds is 3. The highest BCUT2D eigenvalue weighted by molar-refractivity contribution is 5.87. The van der Waals surface area contributed by atoms with Crippen molar-refractivity contribution < 1.29 is 14.3 Å². The van der Waals surface area contributed by atoms with Crippen LogP contribution in [0.5, 0.6) is 0 Å². The molecule has 1 saturated heterocycles. The van der Waals surface area contributed by atoms with Crippen molar-refractivity contribution in [2.75, 3.05) is 26.9 Å². The molecule has 1 fully saturated rings. The van der Waals surface area contributed by atoms with Crippen LogP contribution in [0.3, 0.4) is 0 Å². The Morgan fingerprint density at radius 2 is 2.62 bits per heavy atom. The average molecular weight is 183 g/mol. The zero-order chi connectivity index (χ0) is 9.52. The molecule has 0 aromatic rings. The summed E-state index contributed by atoms with van der Waals surface area (Å²) in [5.41, 5.74) is 1.06. The van der Waals surface area contributed by atoms with E-state index in [0.717, 1.165) is 18.7 Å². The van der Waals surface area contributed by atoms with E-state index >= 15 is 0 Å². The fourth-order valence-electron chi connectivity index (χ4n) is 0.976. The second-order valence-electron chi connectivity index (χ2n) is 2.64. The third-order valence-corrected chi connectivity index (χ3v) is 1.68. The van der Waals surface area contributed by atoms with Gasteiger partial charge in [0.15, 0.2) is 0 Å². The van der Waals surface area contributed by atoms with Crippen LogP contribution in [0.1, 0.15) is 6.42 Å². The van der Waals surface area contributed by atoms with Crippen LogP contribution in [0, 0.1) is 0 Å². The van der Waals surface area contributed by atoms with Crippen molar-refractivity contribution in [1.82, 2.24) is 0 Å². The Morgan fingerprint density at radius 3 is 3.23 bits per heavy atom. The summed E-state index contributed by atoms with van der Waals surface area (Å²) in [6, 6.07) is 0. The number of hydrogen-bond donors (Lipinski definition) is 0.